The van der Waals surface area contributed by atoms with Crippen LogP contribution in [-0.4, -0.2) is 19.8 Å². The van der Waals surface area contributed by atoms with Gasteiger partial charge in [0.1, 0.15) is 12.9 Å². The van der Waals surface area contributed by atoms with E-state index < -0.39 is 0 Å². The molecule has 0 radical (unpaired) electrons. The predicted octanol–water partition coefficient (Wildman–Crippen LogP) is 6.65. The van der Waals surface area contributed by atoms with Crippen molar-refractivity contribution in [1.29, 1.82) is 0 Å². The molecule has 0 saturated heterocycles. The smallest absolute Gasteiger partial charge is 0.240 e. The van der Waals surface area contributed by atoms with E-state index in [0.29, 0.717) is 28.2 Å². The van der Waals surface area contributed by atoms with Crippen LogP contribution in [-0.2, 0) is 6.61 Å². The zero-order chi connectivity index (χ0) is 22.1. The zero-order valence-electron chi connectivity index (χ0n) is 17.2. The summed E-state index contributed by atoms with van der Waals surface area (Å²) in [5, 5.41) is 14.4. The maximum absolute atomic E-state index is 6.26. The van der Waals surface area contributed by atoms with Gasteiger partial charge in [0, 0.05) is 15.6 Å². The van der Waals surface area contributed by atoms with Gasteiger partial charge in [-0.1, -0.05) is 77.3 Å². The molecule has 0 amide bonds. The van der Waals surface area contributed by atoms with Crippen LogP contribution in [0.4, 0.5) is 0 Å². The van der Waals surface area contributed by atoms with Crippen LogP contribution >= 0.6 is 23.2 Å². The van der Waals surface area contributed by atoms with Crippen molar-refractivity contribution in [3.8, 4) is 28.1 Å². The monoisotopic (exact) mass is 460 g/mol. The van der Waals surface area contributed by atoms with Crippen molar-refractivity contribution in [1.82, 2.24) is 19.8 Å². The van der Waals surface area contributed by atoms with Crippen LogP contribution < -0.4 is 4.74 Å². The summed E-state index contributed by atoms with van der Waals surface area (Å²) in [6, 6.07) is 23.4. The Morgan fingerprint density at radius 1 is 0.781 bits per heavy atom. The van der Waals surface area contributed by atoms with Crippen molar-refractivity contribution in [2.75, 3.05) is 0 Å². The first-order valence-electron chi connectivity index (χ1n) is 10.0. The molecule has 32 heavy (non-hydrogen) atoms. The lowest BCUT2D eigenvalue weighted by Crippen LogP contribution is -2.05. The molecule has 0 bridgehead atoms. The number of aromatic nitrogens is 4. The van der Waals surface area contributed by atoms with Crippen molar-refractivity contribution < 1.29 is 4.74 Å². The number of halogens is 2. The van der Waals surface area contributed by atoms with Gasteiger partial charge in [-0.25, -0.2) is 0 Å². The SMILES string of the molecule is Cc1ccc(COc2nn3cnnc3c(-c3ccc(Cl)cc3)c2-c2ccc(Cl)cc2)cc1. The van der Waals surface area contributed by atoms with E-state index in [1.165, 1.54) is 5.56 Å². The Labute approximate surface area is 195 Å². The fraction of sp³-hybridized carbons (Fsp3) is 0.0800. The van der Waals surface area contributed by atoms with Gasteiger partial charge in [-0.15, -0.1) is 15.3 Å². The number of rotatable bonds is 5. The third-order valence-electron chi connectivity index (χ3n) is 5.18. The van der Waals surface area contributed by atoms with Crippen molar-refractivity contribution in [2.24, 2.45) is 0 Å². The van der Waals surface area contributed by atoms with Gasteiger partial charge in [0.15, 0.2) is 5.65 Å². The summed E-state index contributed by atoms with van der Waals surface area (Å²) in [5.74, 6) is 0.477. The van der Waals surface area contributed by atoms with Crippen LogP contribution in [0.2, 0.25) is 10.0 Å². The van der Waals surface area contributed by atoms with Gasteiger partial charge in [-0.2, -0.15) is 4.52 Å². The summed E-state index contributed by atoms with van der Waals surface area (Å²) in [6.45, 7) is 2.44. The molecule has 0 aliphatic rings. The lowest BCUT2D eigenvalue weighted by molar-refractivity contribution is 0.291. The van der Waals surface area contributed by atoms with Gasteiger partial charge in [0.25, 0.3) is 0 Å². The Balaban J connectivity index is 1.71. The molecule has 0 aliphatic heterocycles. The summed E-state index contributed by atoms with van der Waals surface area (Å²) < 4.78 is 7.90. The average Bonchev–Trinajstić information content (AvgIpc) is 3.27. The average molecular weight is 461 g/mol. The largest absolute Gasteiger partial charge is 0.471 e. The quantitative estimate of drug-likeness (QED) is 0.294. The van der Waals surface area contributed by atoms with E-state index in [9.17, 15) is 0 Å². The number of nitrogens with zero attached hydrogens (tertiary/aromatic N) is 4. The molecule has 158 valence electrons. The van der Waals surface area contributed by atoms with Gasteiger partial charge < -0.3 is 4.74 Å². The first kappa shape index (κ1) is 20.5. The molecule has 5 aromatic rings. The van der Waals surface area contributed by atoms with Gasteiger partial charge in [0.05, 0.1) is 5.56 Å². The van der Waals surface area contributed by atoms with Crippen molar-refractivity contribution in [2.45, 2.75) is 13.5 Å². The fourth-order valence-corrected chi connectivity index (χ4v) is 3.80. The Hall–Kier alpha value is -3.41. The molecule has 7 heteroatoms. The third kappa shape index (κ3) is 4.05. The summed E-state index contributed by atoms with van der Waals surface area (Å²) >= 11 is 12.3. The Bertz CT molecular complexity index is 1380. The molecule has 0 aliphatic carbocycles. The third-order valence-corrected chi connectivity index (χ3v) is 5.68. The van der Waals surface area contributed by atoms with Crippen LogP contribution in [0, 0.1) is 6.92 Å². The molecule has 2 heterocycles. The zero-order valence-corrected chi connectivity index (χ0v) is 18.7. The molecular weight excluding hydrogens is 443 g/mol. The number of aryl methyl sites for hydroxylation is 1. The van der Waals surface area contributed by atoms with E-state index >= 15 is 0 Å². The summed E-state index contributed by atoms with van der Waals surface area (Å²) in [5.41, 5.74) is 6.39. The minimum absolute atomic E-state index is 0.377. The molecule has 0 atom stereocenters. The van der Waals surface area contributed by atoms with E-state index in [2.05, 4.69) is 46.5 Å². The molecular formula is C25H18Cl2N4O. The van der Waals surface area contributed by atoms with Crippen molar-refractivity contribution in [3.63, 3.8) is 0 Å². The first-order chi connectivity index (χ1) is 15.6. The highest BCUT2D eigenvalue weighted by atomic mass is 35.5. The number of hydrogen-bond acceptors (Lipinski definition) is 4. The molecule has 5 nitrogen and oxygen atoms in total. The van der Waals surface area contributed by atoms with Crippen molar-refractivity contribution >= 4 is 28.8 Å². The number of hydrogen-bond donors (Lipinski definition) is 0. The molecule has 0 unspecified atom stereocenters. The van der Waals surface area contributed by atoms with Crippen molar-refractivity contribution in [3.05, 3.63) is 100 Å². The Morgan fingerprint density at radius 2 is 1.38 bits per heavy atom. The lowest BCUT2D eigenvalue weighted by atomic mass is 9.96. The highest BCUT2D eigenvalue weighted by Gasteiger charge is 2.21. The van der Waals surface area contributed by atoms with Crippen LogP contribution in [0.15, 0.2) is 79.1 Å². The second-order valence-electron chi connectivity index (χ2n) is 7.44. The van der Waals surface area contributed by atoms with Crippen LogP contribution in [0.25, 0.3) is 27.9 Å². The molecule has 0 spiro atoms. The van der Waals surface area contributed by atoms with Gasteiger partial charge in [-0.05, 0) is 47.9 Å². The van der Waals surface area contributed by atoms with E-state index in [0.717, 1.165) is 27.8 Å². The molecule has 0 fully saturated rings. The number of fused-ring (bicyclic) bond motifs is 1. The lowest BCUT2D eigenvalue weighted by Gasteiger charge is -2.16. The van der Waals surface area contributed by atoms with Crippen LogP contribution in [0.3, 0.4) is 0 Å². The highest BCUT2D eigenvalue weighted by Crippen LogP contribution is 2.41. The Morgan fingerprint density at radius 3 is 2.00 bits per heavy atom. The van der Waals surface area contributed by atoms with E-state index in [4.69, 9.17) is 27.9 Å². The predicted molar refractivity (Wildman–Crippen MR) is 127 cm³/mol. The van der Waals surface area contributed by atoms with E-state index in [-0.39, 0.29) is 0 Å². The topological polar surface area (TPSA) is 52.3 Å². The van der Waals surface area contributed by atoms with E-state index in [1.807, 2.05) is 48.5 Å². The molecule has 0 saturated carbocycles. The number of benzene rings is 3. The maximum atomic E-state index is 6.26. The van der Waals surface area contributed by atoms with E-state index in [1.54, 1.807) is 10.8 Å². The van der Waals surface area contributed by atoms with Crippen LogP contribution in [0.1, 0.15) is 11.1 Å². The molecule has 0 N–H and O–H groups in total. The minimum atomic E-state index is 0.377. The minimum Gasteiger partial charge on any atom is -0.471 e. The Kier molecular flexibility index (Phi) is 5.52. The summed E-state index contributed by atoms with van der Waals surface area (Å²) in [6.07, 6.45) is 1.57. The highest BCUT2D eigenvalue weighted by molar-refractivity contribution is 6.31. The maximum Gasteiger partial charge on any atom is 0.240 e. The van der Waals surface area contributed by atoms with Crippen LogP contribution in [0.5, 0.6) is 5.88 Å². The first-order valence-corrected chi connectivity index (χ1v) is 10.8. The molecule has 3 aromatic carbocycles. The van der Waals surface area contributed by atoms with Gasteiger partial charge in [0.2, 0.25) is 5.88 Å². The van der Waals surface area contributed by atoms with Gasteiger partial charge >= 0.3 is 0 Å². The molecule has 2 aromatic heterocycles. The number of ether oxygens (including phenoxy) is 1. The fourth-order valence-electron chi connectivity index (χ4n) is 3.55. The summed E-state index contributed by atoms with van der Waals surface area (Å²) in [7, 11) is 0. The second-order valence-corrected chi connectivity index (χ2v) is 8.32. The molecule has 5 rings (SSSR count). The summed E-state index contributed by atoms with van der Waals surface area (Å²) in [4.78, 5) is 0. The normalized spacial score (nSPS) is 11.1. The van der Waals surface area contributed by atoms with Gasteiger partial charge in [-0.3, -0.25) is 0 Å². The second kappa shape index (κ2) is 8.61. The standard InChI is InChI=1S/C25H18Cl2N4O/c1-16-2-4-17(5-3-16)14-32-25-23(19-8-12-21(27)13-9-19)22(18-6-10-20(26)11-7-18)24-29-28-15-31(24)30-25/h2-13,15H,14H2,1H3.